The first kappa shape index (κ1) is 9.59. The van der Waals surface area contributed by atoms with Gasteiger partial charge < -0.3 is 0 Å². The summed E-state index contributed by atoms with van der Waals surface area (Å²) < 4.78 is 1.96. The summed E-state index contributed by atoms with van der Waals surface area (Å²) in [7, 11) is 0. The van der Waals surface area contributed by atoms with E-state index in [1.165, 1.54) is 0 Å². The monoisotopic (exact) mass is 186 g/mol. The van der Waals surface area contributed by atoms with Crippen molar-refractivity contribution < 1.29 is 0 Å². The number of hydrogen-bond donors (Lipinski definition) is 0. The highest BCUT2D eigenvalue weighted by molar-refractivity contribution is 6.30. The normalized spacial score (nSPS) is 12.2. The average Bonchev–Trinajstić information content (AvgIpc) is 2.15. The summed E-state index contributed by atoms with van der Waals surface area (Å²) in [5.41, 5.74) is 2.24. The minimum Gasteiger partial charge on any atom is -0.263 e. The largest absolute Gasteiger partial charge is 0.263 e. The first-order valence-electron chi connectivity index (χ1n) is 4.06. The van der Waals surface area contributed by atoms with Gasteiger partial charge in [0.2, 0.25) is 0 Å². The molecular weight excluding hydrogens is 172 g/mol. The Bertz CT molecular complexity index is 294. The standard InChI is InChI=1S/C9H15ClN2/c1-6-7(2)12(9(3,4)5)11-8(6)10/h1-5H3. The summed E-state index contributed by atoms with van der Waals surface area (Å²) in [6.07, 6.45) is 0. The van der Waals surface area contributed by atoms with Gasteiger partial charge in [-0.05, 0) is 34.6 Å². The van der Waals surface area contributed by atoms with Crippen LogP contribution in [0.15, 0.2) is 0 Å². The first-order chi connectivity index (χ1) is 5.34. The molecule has 0 unspecified atom stereocenters. The van der Waals surface area contributed by atoms with Crippen molar-refractivity contribution >= 4 is 11.6 Å². The minimum absolute atomic E-state index is 0.0159. The van der Waals surface area contributed by atoms with Crippen molar-refractivity contribution in [2.24, 2.45) is 0 Å². The quantitative estimate of drug-likeness (QED) is 0.609. The summed E-state index contributed by atoms with van der Waals surface area (Å²) in [5, 5.41) is 4.88. The molecule has 1 rings (SSSR count). The summed E-state index contributed by atoms with van der Waals surface area (Å²) in [4.78, 5) is 0. The lowest BCUT2D eigenvalue weighted by Gasteiger charge is -2.21. The van der Waals surface area contributed by atoms with Crippen molar-refractivity contribution in [3.05, 3.63) is 16.4 Å². The number of aromatic nitrogens is 2. The molecule has 0 N–H and O–H groups in total. The van der Waals surface area contributed by atoms with E-state index in [4.69, 9.17) is 11.6 Å². The highest BCUT2D eigenvalue weighted by Crippen LogP contribution is 2.23. The number of halogens is 1. The molecule has 0 aliphatic rings. The molecule has 1 heterocycles. The van der Waals surface area contributed by atoms with Crippen LogP contribution in [0, 0.1) is 13.8 Å². The van der Waals surface area contributed by atoms with E-state index in [1.54, 1.807) is 0 Å². The Kier molecular flexibility index (Phi) is 2.21. The third kappa shape index (κ3) is 1.48. The van der Waals surface area contributed by atoms with Crippen molar-refractivity contribution in [3.63, 3.8) is 0 Å². The maximum absolute atomic E-state index is 5.91. The molecule has 0 fully saturated rings. The van der Waals surface area contributed by atoms with Gasteiger partial charge in [0.25, 0.3) is 0 Å². The van der Waals surface area contributed by atoms with Crippen molar-refractivity contribution in [3.8, 4) is 0 Å². The van der Waals surface area contributed by atoms with Gasteiger partial charge in [0.15, 0.2) is 5.15 Å². The molecule has 0 saturated heterocycles. The highest BCUT2D eigenvalue weighted by Gasteiger charge is 2.19. The molecule has 0 aliphatic heterocycles. The second kappa shape index (κ2) is 2.77. The van der Waals surface area contributed by atoms with E-state index >= 15 is 0 Å². The van der Waals surface area contributed by atoms with Crippen LogP contribution in [0.25, 0.3) is 0 Å². The second-order valence-corrected chi connectivity index (χ2v) is 4.44. The van der Waals surface area contributed by atoms with E-state index in [9.17, 15) is 0 Å². The van der Waals surface area contributed by atoms with Gasteiger partial charge in [-0.1, -0.05) is 11.6 Å². The second-order valence-electron chi connectivity index (χ2n) is 4.08. The summed E-state index contributed by atoms with van der Waals surface area (Å²) in [6, 6.07) is 0. The van der Waals surface area contributed by atoms with Crippen LogP contribution in [0.2, 0.25) is 5.15 Å². The Morgan fingerprint density at radius 2 is 1.75 bits per heavy atom. The zero-order valence-electron chi connectivity index (χ0n) is 8.27. The summed E-state index contributed by atoms with van der Waals surface area (Å²) in [6.45, 7) is 10.4. The lowest BCUT2D eigenvalue weighted by atomic mass is 10.1. The maximum Gasteiger partial charge on any atom is 0.154 e. The molecule has 0 saturated carbocycles. The zero-order chi connectivity index (χ0) is 9.52. The summed E-state index contributed by atoms with van der Waals surface area (Å²) >= 11 is 5.91. The molecule has 0 atom stereocenters. The Labute approximate surface area is 78.5 Å². The van der Waals surface area contributed by atoms with Gasteiger partial charge in [-0.3, -0.25) is 4.68 Å². The Morgan fingerprint density at radius 1 is 1.25 bits per heavy atom. The molecule has 68 valence electrons. The minimum atomic E-state index is 0.0159. The van der Waals surface area contributed by atoms with E-state index in [0.29, 0.717) is 5.15 Å². The molecule has 0 bridgehead atoms. The van der Waals surface area contributed by atoms with Crippen LogP contribution in [0.4, 0.5) is 0 Å². The molecule has 0 spiro atoms. The van der Waals surface area contributed by atoms with Gasteiger partial charge in [-0.2, -0.15) is 5.10 Å². The number of nitrogens with zero attached hydrogens (tertiary/aromatic N) is 2. The zero-order valence-corrected chi connectivity index (χ0v) is 9.03. The van der Waals surface area contributed by atoms with Crippen LogP contribution in [-0.4, -0.2) is 9.78 Å². The van der Waals surface area contributed by atoms with Crippen molar-refractivity contribution in [2.45, 2.75) is 40.2 Å². The van der Waals surface area contributed by atoms with E-state index in [2.05, 4.69) is 25.9 Å². The molecule has 0 radical (unpaired) electrons. The maximum atomic E-state index is 5.91. The fourth-order valence-corrected chi connectivity index (χ4v) is 1.41. The molecule has 1 aromatic heterocycles. The SMILES string of the molecule is Cc1c(Cl)nn(C(C)(C)C)c1C. The smallest absolute Gasteiger partial charge is 0.154 e. The van der Waals surface area contributed by atoms with Crippen molar-refractivity contribution in [1.82, 2.24) is 9.78 Å². The first-order valence-corrected chi connectivity index (χ1v) is 4.44. The molecular formula is C9H15ClN2. The van der Waals surface area contributed by atoms with Gasteiger partial charge in [-0.15, -0.1) is 0 Å². The van der Waals surface area contributed by atoms with Crippen LogP contribution in [-0.2, 0) is 5.54 Å². The van der Waals surface area contributed by atoms with Gasteiger partial charge in [0, 0.05) is 11.3 Å². The number of rotatable bonds is 0. The van der Waals surface area contributed by atoms with E-state index < -0.39 is 0 Å². The third-order valence-corrected chi connectivity index (χ3v) is 2.35. The topological polar surface area (TPSA) is 17.8 Å². The van der Waals surface area contributed by atoms with Crippen molar-refractivity contribution in [2.75, 3.05) is 0 Å². The van der Waals surface area contributed by atoms with Crippen LogP contribution in [0.3, 0.4) is 0 Å². The fourth-order valence-electron chi connectivity index (χ4n) is 1.20. The van der Waals surface area contributed by atoms with Crippen LogP contribution in [0.5, 0.6) is 0 Å². The number of hydrogen-bond acceptors (Lipinski definition) is 1. The van der Waals surface area contributed by atoms with Crippen molar-refractivity contribution in [1.29, 1.82) is 0 Å². The average molecular weight is 187 g/mol. The predicted molar refractivity (Wildman–Crippen MR) is 51.7 cm³/mol. The van der Waals surface area contributed by atoms with E-state index in [0.717, 1.165) is 11.3 Å². The molecule has 0 amide bonds. The van der Waals surface area contributed by atoms with Crippen LogP contribution >= 0.6 is 11.6 Å². The predicted octanol–water partition coefficient (Wildman–Crippen LogP) is 2.91. The Hall–Kier alpha value is -0.500. The fraction of sp³-hybridized carbons (Fsp3) is 0.667. The van der Waals surface area contributed by atoms with E-state index in [-0.39, 0.29) is 5.54 Å². The molecule has 0 aromatic carbocycles. The van der Waals surface area contributed by atoms with E-state index in [1.807, 2.05) is 18.5 Å². The molecule has 1 aromatic rings. The van der Waals surface area contributed by atoms with Gasteiger partial charge >= 0.3 is 0 Å². The molecule has 2 nitrogen and oxygen atoms in total. The van der Waals surface area contributed by atoms with Gasteiger partial charge in [0.1, 0.15) is 0 Å². The molecule has 12 heavy (non-hydrogen) atoms. The Balaban J connectivity index is 3.28. The molecule has 0 aliphatic carbocycles. The van der Waals surface area contributed by atoms with Crippen LogP contribution in [0.1, 0.15) is 32.0 Å². The summed E-state index contributed by atoms with van der Waals surface area (Å²) in [5.74, 6) is 0. The lowest BCUT2D eigenvalue weighted by molar-refractivity contribution is 0.348. The lowest BCUT2D eigenvalue weighted by Crippen LogP contribution is -2.24. The molecule has 3 heteroatoms. The Morgan fingerprint density at radius 3 is 1.92 bits per heavy atom. The van der Waals surface area contributed by atoms with Crippen LogP contribution < -0.4 is 0 Å². The highest BCUT2D eigenvalue weighted by atomic mass is 35.5. The third-order valence-electron chi connectivity index (χ3n) is 1.99. The van der Waals surface area contributed by atoms with Gasteiger partial charge in [-0.25, -0.2) is 0 Å². The van der Waals surface area contributed by atoms with Gasteiger partial charge in [0.05, 0.1) is 5.54 Å².